The summed E-state index contributed by atoms with van der Waals surface area (Å²) in [5.74, 6) is 0.142. The largest absolute Gasteiger partial charge is 0.368 e. The standard InChI is InChI=1S/C18H24N2O3/c1-14-5-7-15(8-6-14)17(21)19-9-3-10-20(12-11-19)18(22)16-4-2-13-23-16/h5-8,16H,2-4,9-13H2,1H3. The van der Waals surface area contributed by atoms with Crippen molar-refractivity contribution in [3.05, 3.63) is 35.4 Å². The van der Waals surface area contributed by atoms with E-state index >= 15 is 0 Å². The first-order valence-electron chi connectivity index (χ1n) is 8.41. The van der Waals surface area contributed by atoms with Gasteiger partial charge in [-0.1, -0.05) is 17.7 Å². The monoisotopic (exact) mass is 316 g/mol. The van der Waals surface area contributed by atoms with Crippen LogP contribution in [0, 0.1) is 6.92 Å². The van der Waals surface area contributed by atoms with E-state index in [0.29, 0.717) is 32.8 Å². The van der Waals surface area contributed by atoms with E-state index in [9.17, 15) is 9.59 Å². The van der Waals surface area contributed by atoms with Crippen molar-refractivity contribution in [3.8, 4) is 0 Å². The molecule has 0 saturated carbocycles. The van der Waals surface area contributed by atoms with Gasteiger partial charge in [-0.3, -0.25) is 9.59 Å². The van der Waals surface area contributed by atoms with E-state index in [0.717, 1.165) is 30.4 Å². The molecule has 2 amide bonds. The molecule has 1 aromatic rings. The first-order chi connectivity index (χ1) is 11.1. The maximum atomic E-state index is 12.6. The van der Waals surface area contributed by atoms with Gasteiger partial charge in [0.1, 0.15) is 6.10 Å². The second-order valence-corrected chi connectivity index (χ2v) is 6.34. The maximum Gasteiger partial charge on any atom is 0.253 e. The van der Waals surface area contributed by atoms with Gasteiger partial charge in [0, 0.05) is 38.3 Å². The highest BCUT2D eigenvalue weighted by Gasteiger charge is 2.30. The third kappa shape index (κ3) is 3.72. The Morgan fingerprint density at radius 3 is 2.39 bits per heavy atom. The third-order valence-corrected chi connectivity index (χ3v) is 4.60. The van der Waals surface area contributed by atoms with Crippen molar-refractivity contribution in [1.82, 2.24) is 9.80 Å². The summed E-state index contributed by atoms with van der Waals surface area (Å²) < 4.78 is 5.49. The van der Waals surface area contributed by atoms with Gasteiger partial charge in [-0.15, -0.1) is 0 Å². The second-order valence-electron chi connectivity index (χ2n) is 6.34. The van der Waals surface area contributed by atoms with Crippen molar-refractivity contribution in [2.75, 3.05) is 32.8 Å². The molecule has 0 spiro atoms. The molecule has 23 heavy (non-hydrogen) atoms. The number of carbonyl (C=O) groups is 2. The van der Waals surface area contributed by atoms with E-state index in [4.69, 9.17) is 4.74 Å². The lowest BCUT2D eigenvalue weighted by molar-refractivity contribution is -0.140. The van der Waals surface area contributed by atoms with Gasteiger partial charge < -0.3 is 14.5 Å². The van der Waals surface area contributed by atoms with Gasteiger partial charge >= 0.3 is 0 Å². The van der Waals surface area contributed by atoms with E-state index in [2.05, 4.69) is 0 Å². The highest BCUT2D eigenvalue weighted by Crippen LogP contribution is 2.17. The summed E-state index contributed by atoms with van der Waals surface area (Å²) in [7, 11) is 0. The van der Waals surface area contributed by atoms with Crippen LogP contribution in [0.15, 0.2) is 24.3 Å². The predicted molar refractivity (Wildman–Crippen MR) is 87.3 cm³/mol. The first kappa shape index (κ1) is 16.0. The molecule has 2 aliphatic rings. The van der Waals surface area contributed by atoms with Gasteiger partial charge in [0.2, 0.25) is 0 Å². The molecule has 2 fully saturated rings. The van der Waals surface area contributed by atoms with E-state index in [1.807, 2.05) is 41.0 Å². The molecule has 124 valence electrons. The molecule has 5 heteroatoms. The summed E-state index contributed by atoms with van der Waals surface area (Å²) in [6.07, 6.45) is 2.33. The molecule has 0 N–H and O–H groups in total. The number of nitrogens with zero attached hydrogens (tertiary/aromatic N) is 2. The van der Waals surface area contributed by atoms with Crippen LogP contribution in [0.3, 0.4) is 0 Å². The summed E-state index contributed by atoms with van der Waals surface area (Å²) in [6.45, 7) is 5.27. The Morgan fingerprint density at radius 2 is 1.70 bits per heavy atom. The van der Waals surface area contributed by atoms with Crippen LogP contribution in [0.25, 0.3) is 0 Å². The van der Waals surface area contributed by atoms with E-state index in [1.54, 1.807) is 0 Å². The molecule has 0 bridgehead atoms. The number of rotatable bonds is 2. The van der Waals surface area contributed by atoms with Crippen molar-refractivity contribution in [2.24, 2.45) is 0 Å². The van der Waals surface area contributed by atoms with Gasteiger partial charge in [0.25, 0.3) is 11.8 Å². The van der Waals surface area contributed by atoms with Crippen LogP contribution in [-0.2, 0) is 9.53 Å². The van der Waals surface area contributed by atoms with Gasteiger partial charge in [0.05, 0.1) is 0 Å². The summed E-state index contributed by atoms with van der Waals surface area (Å²) >= 11 is 0. The number of hydrogen-bond acceptors (Lipinski definition) is 3. The molecule has 1 aromatic carbocycles. The Labute approximate surface area is 137 Å². The molecule has 0 aromatic heterocycles. The fourth-order valence-electron chi connectivity index (χ4n) is 3.20. The minimum atomic E-state index is -0.269. The van der Waals surface area contributed by atoms with Gasteiger partial charge in [-0.2, -0.15) is 0 Å². The van der Waals surface area contributed by atoms with Crippen molar-refractivity contribution in [3.63, 3.8) is 0 Å². The fourth-order valence-corrected chi connectivity index (χ4v) is 3.20. The van der Waals surface area contributed by atoms with Crippen LogP contribution in [0.4, 0.5) is 0 Å². The number of amides is 2. The Bertz CT molecular complexity index is 564. The molecule has 1 unspecified atom stereocenters. The Kier molecular flexibility index (Phi) is 4.96. The average molecular weight is 316 g/mol. The maximum absolute atomic E-state index is 12.6. The Morgan fingerprint density at radius 1 is 1.00 bits per heavy atom. The molecule has 5 nitrogen and oxygen atoms in total. The van der Waals surface area contributed by atoms with E-state index in [1.165, 1.54) is 0 Å². The van der Waals surface area contributed by atoms with Gasteiger partial charge in [-0.05, 0) is 38.3 Å². The highest BCUT2D eigenvalue weighted by molar-refractivity contribution is 5.94. The van der Waals surface area contributed by atoms with Gasteiger partial charge in [-0.25, -0.2) is 0 Å². The molecule has 0 aliphatic carbocycles. The van der Waals surface area contributed by atoms with E-state index in [-0.39, 0.29) is 17.9 Å². The number of hydrogen-bond donors (Lipinski definition) is 0. The SMILES string of the molecule is Cc1ccc(C(=O)N2CCCN(C(=O)C3CCCO3)CC2)cc1. The fraction of sp³-hybridized carbons (Fsp3) is 0.556. The highest BCUT2D eigenvalue weighted by atomic mass is 16.5. The molecule has 1 atom stereocenters. The smallest absolute Gasteiger partial charge is 0.253 e. The zero-order chi connectivity index (χ0) is 16.2. The van der Waals surface area contributed by atoms with Crippen molar-refractivity contribution >= 4 is 11.8 Å². The lowest BCUT2D eigenvalue weighted by Gasteiger charge is -2.24. The quantitative estimate of drug-likeness (QED) is 0.837. The summed E-state index contributed by atoms with van der Waals surface area (Å²) in [5.41, 5.74) is 1.86. The number of benzene rings is 1. The third-order valence-electron chi connectivity index (χ3n) is 4.60. The number of carbonyl (C=O) groups excluding carboxylic acids is 2. The Hall–Kier alpha value is -1.88. The molecule has 3 rings (SSSR count). The van der Waals surface area contributed by atoms with Crippen molar-refractivity contribution in [2.45, 2.75) is 32.3 Å². The molecule has 0 radical (unpaired) electrons. The number of aryl methyl sites for hydroxylation is 1. The molecular formula is C18H24N2O3. The number of ether oxygens (including phenoxy) is 1. The lowest BCUT2D eigenvalue weighted by atomic mass is 10.1. The average Bonchev–Trinajstić information content (AvgIpc) is 2.99. The van der Waals surface area contributed by atoms with Crippen LogP contribution in [0.2, 0.25) is 0 Å². The molecule has 2 heterocycles. The molecular weight excluding hydrogens is 292 g/mol. The lowest BCUT2D eigenvalue weighted by Crippen LogP contribution is -2.41. The van der Waals surface area contributed by atoms with Crippen LogP contribution in [0.1, 0.15) is 35.2 Å². The summed E-state index contributed by atoms with van der Waals surface area (Å²) in [6, 6.07) is 7.66. The molecule has 2 saturated heterocycles. The molecule has 2 aliphatic heterocycles. The van der Waals surface area contributed by atoms with Crippen LogP contribution in [0.5, 0.6) is 0 Å². The van der Waals surface area contributed by atoms with E-state index < -0.39 is 0 Å². The topological polar surface area (TPSA) is 49.9 Å². The first-order valence-corrected chi connectivity index (χ1v) is 8.41. The second kappa shape index (κ2) is 7.13. The van der Waals surface area contributed by atoms with Crippen LogP contribution in [-0.4, -0.2) is 60.5 Å². The summed E-state index contributed by atoms with van der Waals surface area (Å²) in [5, 5.41) is 0. The zero-order valence-electron chi connectivity index (χ0n) is 13.7. The zero-order valence-corrected chi connectivity index (χ0v) is 13.7. The Balaban J connectivity index is 1.60. The van der Waals surface area contributed by atoms with Crippen molar-refractivity contribution in [1.29, 1.82) is 0 Å². The predicted octanol–water partition coefficient (Wildman–Crippen LogP) is 1.85. The van der Waals surface area contributed by atoms with Crippen molar-refractivity contribution < 1.29 is 14.3 Å². The van der Waals surface area contributed by atoms with Gasteiger partial charge in [0.15, 0.2) is 0 Å². The van der Waals surface area contributed by atoms with Crippen LogP contribution < -0.4 is 0 Å². The minimum absolute atomic E-state index is 0.0522. The van der Waals surface area contributed by atoms with Crippen LogP contribution >= 0.6 is 0 Å². The summed E-state index contributed by atoms with van der Waals surface area (Å²) in [4.78, 5) is 28.7. The normalized spacial score (nSPS) is 22.0. The minimum Gasteiger partial charge on any atom is -0.368 e.